The summed E-state index contributed by atoms with van der Waals surface area (Å²) in [7, 11) is 0. The summed E-state index contributed by atoms with van der Waals surface area (Å²) >= 11 is 9.74. The summed E-state index contributed by atoms with van der Waals surface area (Å²) in [4.78, 5) is 0. The maximum Gasteiger partial charge on any atom is 0.0644 e. The molecular formula is C15H20BrClN4. The SMILES string of the molecule is CCC(C)n1ccc(CC(NN)c2cc(Br)ccc2Cl)n1. The van der Waals surface area contributed by atoms with Crippen LogP contribution >= 0.6 is 27.5 Å². The Morgan fingerprint density at radius 3 is 2.86 bits per heavy atom. The molecule has 2 rings (SSSR count). The molecule has 21 heavy (non-hydrogen) atoms. The van der Waals surface area contributed by atoms with Crippen molar-refractivity contribution in [2.75, 3.05) is 0 Å². The highest BCUT2D eigenvalue weighted by atomic mass is 79.9. The van der Waals surface area contributed by atoms with Gasteiger partial charge >= 0.3 is 0 Å². The standard InChI is InChI=1S/C15H20BrClN4/c1-3-10(2)21-7-6-12(20-21)9-15(19-18)13-8-11(16)4-5-14(13)17/h4-8,10,15,19H,3,9,18H2,1-2H3. The fraction of sp³-hybridized carbons (Fsp3) is 0.400. The van der Waals surface area contributed by atoms with E-state index < -0.39 is 0 Å². The average molecular weight is 372 g/mol. The van der Waals surface area contributed by atoms with E-state index in [0.717, 1.165) is 22.2 Å². The van der Waals surface area contributed by atoms with Crippen molar-refractivity contribution >= 4 is 27.5 Å². The number of hydrogen-bond donors (Lipinski definition) is 2. The molecule has 1 aromatic carbocycles. The first-order valence-corrected chi connectivity index (χ1v) is 8.17. The molecule has 114 valence electrons. The van der Waals surface area contributed by atoms with Crippen LogP contribution in [0.5, 0.6) is 0 Å². The van der Waals surface area contributed by atoms with Crippen LogP contribution in [-0.4, -0.2) is 9.78 Å². The number of halogens is 2. The number of nitrogens with one attached hydrogen (secondary N) is 1. The van der Waals surface area contributed by atoms with Crippen LogP contribution in [0.2, 0.25) is 5.02 Å². The average Bonchev–Trinajstić information content (AvgIpc) is 2.95. The van der Waals surface area contributed by atoms with Crippen molar-refractivity contribution in [1.29, 1.82) is 0 Å². The van der Waals surface area contributed by atoms with Gasteiger partial charge in [0.2, 0.25) is 0 Å². The highest BCUT2D eigenvalue weighted by Crippen LogP contribution is 2.28. The second kappa shape index (κ2) is 7.40. The molecule has 1 heterocycles. The van der Waals surface area contributed by atoms with Crippen LogP contribution in [-0.2, 0) is 6.42 Å². The van der Waals surface area contributed by atoms with E-state index in [1.54, 1.807) is 0 Å². The van der Waals surface area contributed by atoms with Crippen molar-refractivity contribution in [3.8, 4) is 0 Å². The molecule has 6 heteroatoms. The van der Waals surface area contributed by atoms with Gasteiger partial charge in [-0.2, -0.15) is 5.10 Å². The molecule has 0 spiro atoms. The molecule has 0 saturated carbocycles. The molecule has 0 aliphatic rings. The zero-order valence-corrected chi connectivity index (χ0v) is 14.5. The molecule has 3 N–H and O–H groups in total. The van der Waals surface area contributed by atoms with E-state index in [0.29, 0.717) is 17.5 Å². The Hall–Kier alpha value is -0.880. The fourth-order valence-corrected chi connectivity index (χ4v) is 2.80. The molecular weight excluding hydrogens is 352 g/mol. The highest BCUT2D eigenvalue weighted by Gasteiger charge is 2.16. The monoisotopic (exact) mass is 370 g/mol. The van der Waals surface area contributed by atoms with E-state index in [-0.39, 0.29) is 6.04 Å². The first-order chi connectivity index (χ1) is 10.0. The third-order valence-electron chi connectivity index (χ3n) is 3.65. The van der Waals surface area contributed by atoms with E-state index >= 15 is 0 Å². The van der Waals surface area contributed by atoms with E-state index in [1.807, 2.05) is 35.1 Å². The Labute approximate surface area is 138 Å². The first-order valence-electron chi connectivity index (χ1n) is 7.00. The van der Waals surface area contributed by atoms with Gasteiger partial charge in [0.1, 0.15) is 0 Å². The number of rotatable bonds is 6. The van der Waals surface area contributed by atoms with Gasteiger partial charge in [0.25, 0.3) is 0 Å². The molecule has 2 unspecified atom stereocenters. The Morgan fingerprint density at radius 1 is 1.43 bits per heavy atom. The lowest BCUT2D eigenvalue weighted by molar-refractivity contribution is 0.467. The van der Waals surface area contributed by atoms with Crippen LogP contribution < -0.4 is 11.3 Å². The predicted molar refractivity (Wildman–Crippen MR) is 90.1 cm³/mol. The minimum atomic E-state index is -0.0738. The number of hydrogen-bond acceptors (Lipinski definition) is 3. The number of nitrogens with zero attached hydrogens (tertiary/aromatic N) is 2. The first kappa shape index (κ1) is 16.5. The van der Waals surface area contributed by atoms with Gasteiger partial charge in [-0.25, -0.2) is 0 Å². The third kappa shape index (κ3) is 4.07. The summed E-state index contributed by atoms with van der Waals surface area (Å²) in [6, 6.07) is 8.12. The zero-order valence-electron chi connectivity index (χ0n) is 12.2. The van der Waals surface area contributed by atoms with Crippen molar-refractivity contribution in [2.24, 2.45) is 5.84 Å². The summed E-state index contributed by atoms with van der Waals surface area (Å²) in [5.74, 6) is 5.71. The normalized spacial score (nSPS) is 14.1. The largest absolute Gasteiger partial charge is 0.271 e. The zero-order chi connectivity index (χ0) is 15.4. The Bertz CT molecular complexity index is 599. The lowest BCUT2D eigenvalue weighted by Crippen LogP contribution is -2.30. The quantitative estimate of drug-likeness (QED) is 0.595. The molecule has 0 bridgehead atoms. The smallest absolute Gasteiger partial charge is 0.0644 e. The van der Waals surface area contributed by atoms with Crippen molar-refractivity contribution < 1.29 is 0 Å². The van der Waals surface area contributed by atoms with E-state index in [9.17, 15) is 0 Å². The number of benzene rings is 1. The van der Waals surface area contributed by atoms with E-state index in [4.69, 9.17) is 17.4 Å². The van der Waals surface area contributed by atoms with Gasteiger partial charge in [-0.3, -0.25) is 16.0 Å². The molecule has 0 amide bonds. The van der Waals surface area contributed by atoms with Crippen molar-refractivity contribution in [2.45, 2.75) is 38.8 Å². The van der Waals surface area contributed by atoms with Gasteiger partial charge in [0.05, 0.1) is 11.7 Å². The van der Waals surface area contributed by atoms with Gasteiger partial charge in [0, 0.05) is 28.2 Å². The fourth-order valence-electron chi connectivity index (χ4n) is 2.17. The molecule has 2 aromatic rings. The lowest BCUT2D eigenvalue weighted by Gasteiger charge is -2.17. The third-order valence-corrected chi connectivity index (χ3v) is 4.49. The second-order valence-corrected chi connectivity index (χ2v) is 6.46. The van der Waals surface area contributed by atoms with Crippen LogP contribution in [0.3, 0.4) is 0 Å². The van der Waals surface area contributed by atoms with Gasteiger partial charge in [-0.1, -0.05) is 34.5 Å². The predicted octanol–water partition coefficient (Wildman–Crippen LogP) is 4.02. The van der Waals surface area contributed by atoms with E-state index in [2.05, 4.69) is 40.3 Å². The van der Waals surface area contributed by atoms with Crippen LogP contribution in [0.1, 0.15) is 43.6 Å². The van der Waals surface area contributed by atoms with Gasteiger partial charge in [-0.15, -0.1) is 0 Å². The lowest BCUT2D eigenvalue weighted by atomic mass is 10.0. The van der Waals surface area contributed by atoms with Crippen molar-refractivity contribution in [3.05, 3.63) is 51.2 Å². The molecule has 0 aliphatic carbocycles. The number of aromatic nitrogens is 2. The minimum Gasteiger partial charge on any atom is -0.271 e. The van der Waals surface area contributed by atoms with Gasteiger partial charge in [-0.05, 0) is 43.2 Å². The van der Waals surface area contributed by atoms with Crippen LogP contribution in [0.15, 0.2) is 34.9 Å². The molecule has 2 atom stereocenters. The molecule has 4 nitrogen and oxygen atoms in total. The summed E-state index contributed by atoms with van der Waals surface area (Å²) in [6.45, 7) is 4.30. The van der Waals surface area contributed by atoms with Crippen molar-refractivity contribution in [3.63, 3.8) is 0 Å². The molecule has 0 radical (unpaired) electrons. The molecule has 0 saturated heterocycles. The van der Waals surface area contributed by atoms with Crippen LogP contribution in [0.25, 0.3) is 0 Å². The maximum atomic E-state index is 6.27. The Balaban J connectivity index is 2.19. The van der Waals surface area contributed by atoms with Crippen LogP contribution in [0, 0.1) is 0 Å². The van der Waals surface area contributed by atoms with Crippen LogP contribution in [0.4, 0.5) is 0 Å². The Kier molecular flexibility index (Phi) is 5.81. The molecule has 0 aliphatic heterocycles. The summed E-state index contributed by atoms with van der Waals surface area (Å²) in [5.41, 5.74) is 4.79. The van der Waals surface area contributed by atoms with E-state index in [1.165, 1.54) is 0 Å². The van der Waals surface area contributed by atoms with Gasteiger partial charge < -0.3 is 0 Å². The number of hydrazine groups is 1. The summed E-state index contributed by atoms with van der Waals surface area (Å²) in [5, 5.41) is 5.31. The van der Waals surface area contributed by atoms with Crippen molar-refractivity contribution in [1.82, 2.24) is 15.2 Å². The van der Waals surface area contributed by atoms with Gasteiger partial charge in [0.15, 0.2) is 0 Å². The second-order valence-electron chi connectivity index (χ2n) is 5.13. The maximum absolute atomic E-state index is 6.27. The summed E-state index contributed by atoms with van der Waals surface area (Å²) in [6.07, 6.45) is 3.76. The Morgan fingerprint density at radius 2 is 2.19 bits per heavy atom. The molecule has 0 fully saturated rings. The topological polar surface area (TPSA) is 55.9 Å². The summed E-state index contributed by atoms with van der Waals surface area (Å²) < 4.78 is 2.97. The highest BCUT2D eigenvalue weighted by molar-refractivity contribution is 9.10. The molecule has 1 aromatic heterocycles. The minimum absolute atomic E-state index is 0.0738. The number of nitrogens with two attached hydrogens (primary N) is 1.